The molecule has 3 aromatic rings. The number of para-hydroxylation sites is 1. The molecule has 1 aliphatic heterocycles. The summed E-state index contributed by atoms with van der Waals surface area (Å²) in [5, 5.41) is 14.4. The van der Waals surface area contributed by atoms with Crippen LogP contribution in [0, 0.1) is 6.92 Å². The van der Waals surface area contributed by atoms with Crippen molar-refractivity contribution in [2.45, 2.75) is 24.2 Å². The van der Waals surface area contributed by atoms with Gasteiger partial charge in [0.05, 0.1) is 17.0 Å². The number of carbonyl (C=O) groups is 1. The number of benzene rings is 1. The van der Waals surface area contributed by atoms with Gasteiger partial charge in [0.15, 0.2) is 5.09 Å². The molecule has 130 valence electrons. The van der Waals surface area contributed by atoms with Gasteiger partial charge in [-0.3, -0.25) is 4.79 Å². The van der Waals surface area contributed by atoms with Crippen molar-refractivity contribution < 1.29 is 13.6 Å². The molecule has 8 heteroatoms. The van der Waals surface area contributed by atoms with E-state index in [2.05, 4.69) is 15.3 Å². The van der Waals surface area contributed by atoms with E-state index in [1.807, 2.05) is 30.3 Å². The van der Waals surface area contributed by atoms with Gasteiger partial charge in [-0.2, -0.15) is 10.1 Å². The van der Waals surface area contributed by atoms with E-state index in [0.717, 1.165) is 5.69 Å². The van der Waals surface area contributed by atoms with E-state index in [0.29, 0.717) is 33.3 Å². The number of amides is 1. The van der Waals surface area contributed by atoms with Gasteiger partial charge in [-0.05, 0) is 37.3 Å². The number of aromatic nitrogens is 2. The lowest BCUT2D eigenvalue weighted by Crippen LogP contribution is -2.21. The van der Waals surface area contributed by atoms with Gasteiger partial charge in [0.1, 0.15) is 5.76 Å². The van der Waals surface area contributed by atoms with E-state index in [1.165, 1.54) is 16.8 Å². The molecule has 0 spiro atoms. The van der Waals surface area contributed by atoms with E-state index in [4.69, 9.17) is 8.83 Å². The normalized spacial score (nSPS) is 15.8. The Kier molecular flexibility index (Phi) is 4.18. The van der Waals surface area contributed by atoms with E-state index in [9.17, 15) is 4.79 Å². The predicted molar refractivity (Wildman–Crippen MR) is 96.9 cm³/mol. The number of furan rings is 1. The average Bonchev–Trinajstić information content (AvgIpc) is 3.32. The molecule has 1 aliphatic rings. The molecule has 0 atom stereocenters. The van der Waals surface area contributed by atoms with Crippen LogP contribution in [0.15, 0.2) is 72.3 Å². The minimum Gasteiger partial charge on any atom is -0.450 e. The first-order valence-corrected chi connectivity index (χ1v) is 8.66. The zero-order valence-corrected chi connectivity index (χ0v) is 14.9. The average molecular weight is 366 g/mol. The molecule has 0 saturated carbocycles. The van der Waals surface area contributed by atoms with Gasteiger partial charge in [-0.1, -0.05) is 18.2 Å². The molecule has 26 heavy (non-hydrogen) atoms. The number of hydrogen-bond donors (Lipinski definition) is 0. The summed E-state index contributed by atoms with van der Waals surface area (Å²) in [6, 6.07) is 12.9. The molecule has 1 amide bonds. The first-order valence-electron chi connectivity index (χ1n) is 7.85. The van der Waals surface area contributed by atoms with Crippen molar-refractivity contribution in [1.29, 1.82) is 0 Å². The van der Waals surface area contributed by atoms with Crippen LogP contribution in [0.5, 0.6) is 0 Å². The summed E-state index contributed by atoms with van der Waals surface area (Å²) in [4.78, 5) is 12.7. The van der Waals surface area contributed by atoms with Gasteiger partial charge in [-0.15, -0.1) is 10.2 Å². The number of aryl methyl sites for hydroxylation is 1. The Morgan fingerprint density at radius 3 is 2.58 bits per heavy atom. The predicted octanol–water partition coefficient (Wildman–Crippen LogP) is 3.93. The van der Waals surface area contributed by atoms with E-state index in [-0.39, 0.29) is 5.91 Å². The molecule has 0 N–H and O–H groups in total. The molecule has 0 saturated heterocycles. The molecule has 0 unspecified atom stereocenters. The summed E-state index contributed by atoms with van der Waals surface area (Å²) in [7, 11) is 0. The van der Waals surface area contributed by atoms with Crippen molar-refractivity contribution in [3.63, 3.8) is 0 Å². The number of carbonyl (C=O) groups excluding carboxylic acids is 1. The highest BCUT2D eigenvalue weighted by molar-refractivity contribution is 7.99. The first kappa shape index (κ1) is 16.3. The van der Waals surface area contributed by atoms with Gasteiger partial charge < -0.3 is 8.83 Å². The van der Waals surface area contributed by atoms with Crippen LogP contribution in [0.3, 0.4) is 0 Å². The van der Waals surface area contributed by atoms with Crippen molar-refractivity contribution in [3.05, 3.63) is 59.7 Å². The third-order valence-corrected chi connectivity index (χ3v) is 4.41. The fourth-order valence-corrected chi connectivity index (χ4v) is 3.13. The minimum absolute atomic E-state index is 0.188. The molecular formula is C18H14N4O3S. The number of nitrogens with zero attached hydrogens (tertiary/aromatic N) is 4. The van der Waals surface area contributed by atoms with E-state index >= 15 is 0 Å². The molecule has 0 fully saturated rings. The molecule has 0 radical (unpaired) electrons. The first-order chi connectivity index (χ1) is 12.6. The van der Waals surface area contributed by atoms with Crippen molar-refractivity contribution in [2.75, 3.05) is 5.01 Å². The SMILES string of the molecule is CC1=NN(c2ccccc2)C(=O)/C1=C\c1ccc(Sc2nnc(C)o2)o1. The van der Waals surface area contributed by atoms with Crippen molar-refractivity contribution >= 4 is 35.1 Å². The highest BCUT2D eigenvalue weighted by atomic mass is 32.2. The van der Waals surface area contributed by atoms with Crippen LogP contribution in [0.2, 0.25) is 0 Å². The van der Waals surface area contributed by atoms with E-state index < -0.39 is 0 Å². The summed E-state index contributed by atoms with van der Waals surface area (Å²) in [6.45, 7) is 3.52. The maximum absolute atomic E-state index is 12.7. The summed E-state index contributed by atoms with van der Waals surface area (Å²) in [5.74, 6) is 0.856. The molecule has 0 bridgehead atoms. The Balaban J connectivity index is 1.55. The third kappa shape index (κ3) is 3.18. The van der Waals surface area contributed by atoms with Crippen LogP contribution in [0.1, 0.15) is 18.6 Å². The Morgan fingerprint density at radius 1 is 1.04 bits per heavy atom. The van der Waals surface area contributed by atoms with Crippen molar-refractivity contribution in [1.82, 2.24) is 10.2 Å². The fourth-order valence-electron chi connectivity index (χ4n) is 2.44. The van der Waals surface area contributed by atoms with Gasteiger partial charge >= 0.3 is 0 Å². The zero-order valence-electron chi connectivity index (χ0n) is 14.0. The topological polar surface area (TPSA) is 84.7 Å². The summed E-state index contributed by atoms with van der Waals surface area (Å²) >= 11 is 1.22. The Hall–Kier alpha value is -3.13. The number of hydrogen-bond acceptors (Lipinski definition) is 7. The Labute approximate surface area is 153 Å². The molecule has 0 aliphatic carbocycles. The second kappa shape index (κ2) is 6.64. The Bertz CT molecular complexity index is 1020. The summed E-state index contributed by atoms with van der Waals surface area (Å²) in [6.07, 6.45) is 1.69. The number of anilines is 1. The van der Waals surface area contributed by atoms with Crippen molar-refractivity contribution in [3.8, 4) is 0 Å². The Morgan fingerprint density at radius 2 is 1.85 bits per heavy atom. The lowest BCUT2D eigenvalue weighted by molar-refractivity contribution is -0.114. The second-order valence-corrected chi connectivity index (χ2v) is 6.50. The molecule has 1 aromatic carbocycles. The minimum atomic E-state index is -0.188. The lowest BCUT2D eigenvalue weighted by atomic mass is 10.1. The molecule has 3 heterocycles. The molecule has 4 rings (SSSR count). The fraction of sp³-hybridized carbons (Fsp3) is 0.111. The highest BCUT2D eigenvalue weighted by Crippen LogP contribution is 2.30. The monoisotopic (exact) mass is 366 g/mol. The zero-order chi connectivity index (χ0) is 18.1. The second-order valence-electron chi connectivity index (χ2n) is 5.54. The van der Waals surface area contributed by atoms with E-state index in [1.54, 1.807) is 32.1 Å². The molecular weight excluding hydrogens is 352 g/mol. The summed E-state index contributed by atoms with van der Waals surface area (Å²) < 4.78 is 11.0. The third-order valence-electron chi connectivity index (χ3n) is 3.65. The van der Waals surface area contributed by atoms with Crippen LogP contribution in [0.25, 0.3) is 6.08 Å². The smallest absolute Gasteiger partial charge is 0.284 e. The van der Waals surface area contributed by atoms with Crippen LogP contribution in [0.4, 0.5) is 5.69 Å². The van der Waals surface area contributed by atoms with Gasteiger partial charge in [-0.25, -0.2) is 0 Å². The van der Waals surface area contributed by atoms with Crippen LogP contribution < -0.4 is 5.01 Å². The maximum Gasteiger partial charge on any atom is 0.284 e. The largest absolute Gasteiger partial charge is 0.450 e. The van der Waals surface area contributed by atoms with Gasteiger partial charge in [0, 0.05) is 18.7 Å². The molecule has 2 aromatic heterocycles. The quantitative estimate of drug-likeness (QED) is 0.651. The van der Waals surface area contributed by atoms with Crippen molar-refractivity contribution in [2.24, 2.45) is 5.10 Å². The highest BCUT2D eigenvalue weighted by Gasteiger charge is 2.28. The van der Waals surface area contributed by atoms with Crippen LogP contribution in [-0.4, -0.2) is 21.8 Å². The maximum atomic E-state index is 12.7. The standard InChI is InChI=1S/C18H14N4O3S/c1-11-15(17(23)22(21-11)13-6-4-3-5-7-13)10-14-8-9-16(25-14)26-18-20-19-12(2)24-18/h3-10H,1-2H3/b15-10-. The number of hydrazone groups is 1. The van der Waals surface area contributed by atoms with Crippen LogP contribution in [-0.2, 0) is 4.79 Å². The van der Waals surface area contributed by atoms with Gasteiger partial charge in [0.25, 0.3) is 11.1 Å². The van der Waals surface area contributed by atoms with Gasteiger partial charge in [0.2, 0.25) is 5.89 Å². The number of rotatable bonds is 4. The molecule has 7 nitrogen and oxygen atoms in total. The van der Waals surface area contributed by atoms with Crippen LogP contribution >= 0.6 is 11.8 Å². The lowest BCUT2D eigenvalue weighted by Gasteiger charge is -2.10. The summed E-state index contributed by atoms with van der Waals surface area (Å²) in [5.41, 5.74) is 1.85.